The second-order valence-electron chi connectivity index (χ2n) is 3.13. The van der Waals surface area contributed by atoms with Crippen LogP contribution in [0.5, 0.6) is 0 Å². The molecule has 3 heteroatoms. The topological polar surface area (TPSA) is 47.6 Å². The highest BCUT2D eigenvalue weighted by Crippen LogP contribution is 2.09. The van der Waals surface area contributed by atoms with Crippen molar-refractivity contribution in [1.29, 1.82) is 0 Å². The minimum absolute atomic E-state index is 0.330. The molecule has 0 heterocycles. The molecule has 0 fully saturated rings. The number of rotatable bonds is 5. The maximum absolute atomic E-state index is 5.44. The maximum atomic E-state index is 5.44. The molecule has 0 spiro atoms. The lowest BCUT2D eigenvalue weighted by Crippen LogP contribution is -1.98. The van der Waals surface area contributed by atoms with Crippen molar-refractivity contribution in [3.8, 4) is 0 Å². The Hall–Kier alpha value is -1.25. The smallest absolute Gasteiger partial charge is 0.133 e. The van der Waals surface area contributed by atoms with Gasteiger partial charge in [-0.05, 0) is 25.8 Å². The third-order valence-electron chi connectivity index (χ3n) is 1.70. The highest BCUT2D eigenvalue weighted by Gasteiger charge is 1.99. The SMILES string of the molecule is C\C=C(/C=N/C(=C\N)C(C)C)OCC. The first-order valence-corrected chi connectivity index (χ1v) is 4.90. The minimum Gasteiger partial charge on any atom is -0.493 e. The molecule has 0 saturated carbocycles. The third-order valence-corrected chi connectivity index (χ3v) is 1.70. The molecule has 0 rings (SSSR count). The Bertz CT molecular complexity index is 240. The predicted molar refractivity (Wildman–Crippen MR) is 61.0 cm³/mol. The van der Waals surface area contributed by atoms with Crippen molar-refractivity contribution in [2.75, 3.05) is 6.61 Å². The Morgan fingerprint density at radius 3 is 2.50 bits per heavy atom. The molecule has 0 aliphatic rings. The van der Waals surface area contributed by atoms with E-state index in [2.05, 4.69) is 4.99 Å². The van der Waals surface area contributed by atoms with Gasteiger partial charge in [-0.25, -0.2) is 0 Å². The summed E-state index contributed by atoms with van der Waals surface area (Å²) >= 11 is 0. The van der Waals surface area contributed by atoms with Gasteiger partial charge < -0.3 is 10.5 Å². The van der Waals surface area contributed by atoms with Crippen molar-refractivity contribution >= 4 is 6.21 Å². The first kappa shape index (κ1) is 12.8. The summed E-state index contributed by atoms with van der Waals surface area (Å²) in [5.41, 5.74) is 6.30. The van der Waals surface area contributed by atoms with Gasteiger partial charge in [0.05, 0.1) is 18.5 Å². The predicted octanol–water partition coefficient (Wildman–Crippen LogP) is 2.45. The average Bonchev–Trinajstić information content (AvgIpc) is 2.16. The van der Waals surface area contributed by atoms with Crippen LogP contribution in [0.4, 0.5) is 0 Å². The van der Waals surface area contributed by atoms with Gasteiger partial charge in [0.2, 0.25) is 0 Å². The largest absolute Gasteiger partial charge is 0.493 e. The molecule has 0 aliphatic carbocycles. The Morgan fingerprint density at radius 2 is 2.14 bits per heavy atom. The normalized spacial score (nSPS) is 14.1. The minimum atomic E-state index is 0.330. The van der Waals surface area contributed by atoms with Crippen LogP contribution in [0.1, 0.15) is 27.7 Å². The second kappa shape index (κ2) is 7.18. The number of hydrogen-bond donors (Lipinski definition) is 1. The summed E-state index contributed by atoms with van der Waals surface area (Å²) in [4.78, 5) is 4.25. The Morgan fingerprint density at radius 1 is 1.50 bits per heavy atom. The van der Waals surface area contributed by atoms with Gasteiger partial charge >= 0.3 is 0 Å². The lowest BCUT2D eigenvalue weighted by Gasteiger charge is -2.05. The van der Waals surface area contributed by atoms with E-state index in [0.29, 0.717) is 12.5 Å². The summed E-state index contributed by atoms with van der Waals surface area (Å²) < 4.78 is 5.31. The summed E-state index contributed by atoms with van der Waals surface area (Å²) in [6.45, 7) is 8.60. The lowest BCUT2D eigenvalue weighted by atomic mass is 10.1. The van der Waals surface area contributed by atoms with Crippen LogP contribution in [-0.2, 0) is 4.74 Å². The van der Waals surface area contributed by atoms with Crippen LogP contribution in [0, 0.1) is 5.92 Å². The highest BCUT2D eigenvalue weighted by molar-refractivity contribution is 5.76. The van der Waals surface area contributed by atoms with E-state index in [-0.39, 0.29) is 0 Å². The number of hydrogen-bond acceptors (Lipinski definition) is 3. The Kier molecular flexibility index (Phi) is 6.54. The van der Waals surface area contributed by atoms with Crippen LogP contribution in [0.25, 0.3) is 0 Å². The Balaban J connectivity index is 4.40. The van der Waals surface area contributed by atoms with E-state index in [0.717, 1.165) is 11.5 Å². The molecule has 0 aliphatic heterocycles. The summed E-state index contributed by atoms with van der Waals surface area (Å²) in [6, 6.07) is 0. The van der Waals surface area contributed by atoms with E-state index in [4.69, 9.17) is 10.5 Å². The van der Waals surface area contributed by atoms with E-state index in [1.165, 1.54) is 6.20 Å². The molecule has 0 unspecified atom stereocenters. The Labute approximate surface area is 86.4 Å². The van der Waals surface area contributed by atoms with E-state index in [1.54, 1.807) is 6.21 Å². The quantitative estimate of drug-likeness (QED) is 0.542. The molecular formula is C11H20N2O. The fourth-order valence-corrected chi connectivity index (χ4v) is 0.885. The molecule has 0 aromatic heterocycles. The van der Waals surface area contributed by atoms with Crippen molar-refractivity contribution in [3.05, 3.63) is 23.7 Å². The first-order valence-electron chi connectivity index (χ1n) is 4.90. The summed E-state index contributed by atoms with van der Waals surface area (Å²) in [5, 5.41) is 0. The zero-order chi connectivity index (χ0) is 11.0. The molecule has 0 radical (unpaired) electrons. The summed E-state index contributed by atoms with van der Waals surface area (Å²) in [5.74, 6) is 1.10. The van der Waals surface area contributed by atoms with Crippen molar-refractivity contribution in [2.45, 2.75) is 27.7 Å². The highest BCUT2D eigenvalue weighted by atomic mass is 16.5. The van der Waals surface area contributed by atoms with Crippen molar-refractivity contribution in [2.24, 2.45) is 16.6 Å². The molecule has 0 atom stereocenters. The van der Waals surface area contributed by atoms with Gasteiger partial charge in [-0.3, -0.25) is 4.99 Å². The van der Waals surface area contributed by atoms with Crippen LogP contribution in [0.2, 0.25) is 0 Å². The van der Waals surface area contributed by atoms with Gasteiger partial charge in [-0.2, -0.15) is 0 Å². The van der Waals surface area contributed by atoms with Crippen LogP contribution in [0.15, 0.2) is 28.7 Å². The van der Waals surface area contributed by atoms with Crippen LogP contribution in [0.3, 0.4) is 0 Å². The summed E-state index contributed by atoms with van der Waals surface area (Å²) in [7, 11) is 0. The first-order chi connectivity index (χ1) is 6.65. The molecular weight excluding hydrogens is 176 g/mol. The monoisotopic (exact) mass is 196 g/mol. The number of aliphatic imine (C=N–C) groups is 1. The molecule has 0 amide bonds. The van der Waals surface area contributed by atoms with Gasteiger partial charge in [-0.15, -0.1) is 0 Å². The molecule has 14 heavy (non-hydrogen) atoms. The lowest BCUT2D eigenvalue weighted by molar-refractivity contribution is 0.251. The fraction of sp³-hybridized carbons (Fsp3) is 0.545. The van der Waals surface area contributed by atoms with E-state index < -0.39 is 0 Å². The average molecular weight is 196 g/mol. The molecule has 80 valence electrons. The van der Waals surface area contributed by atoms with Gasteiger partial charge in [0.25, 0.3) is 0 Å². The fourth-order valence-electron chi connectivity index (χ4n) is 0.885. The molecule has 0 aromatic rings. The summed E-state index contributed by atoms with van der Waals surface area (Å²) in [6.07, 6.45) is 5.10. The van der Waals surface area contributed by atoms with Crippen molar-refractivity contribution < 1.29 is 4.74 Å². The molecule has 0 saturated heterocycles. The number of nitrogens with zero attached hydrogens (tertiary/aromatic N) is 1. The standard InChI is InChI=1S/C11H20N2O/c1-5-10(14-6-2)8-13-11(7-12)9(3)4/h5,7-9H,6,12H2,1-4H3/b10-5+,11-7-,13-8+. The van der Waals surface area contributed by atoms with Gasteiger partial charge in [0.1, 0.15) is 5.76 Å². The number of allylic oxidation sites excluding steroid dienone is 3. The van der Waals surface area contributed by atoms with Crippen LogP contribution < -0.4 is 5.73 Å². The van der Waals surface area contributed by atoms with Crippen molar-refractivity contribution in [3.63, 3.8) is 0 Å². The third kappa shape index (κ3) is 4.70. The molecule has 3 nitrogen and oxygen atoms in total. The maximum Gasteiger partial charge on any atom is 0.133 e. The zero-order valence-electron chi connectivity index (χ0n) is 9.45. The van der Waals surface area contributed by atoms with Gasteiger partial charge in [0.15, 0.2) is 0 Å². The van der Waals surface area contributed by atoms with E-state index in [1.807, 2.05) is 33.8 Å². The molecule has 0 aromatic carbocycles. The van der Waals surface area contributed by atoms with Crippen LogP contribution in [-0.4, -0.2) is 12.8 Å². The van der Waals surface area contributed by atoms with E-state index >= 15 is 0 Å². The van der Waals surface area contributed by atoms with Crippen molar-refractivity contribution in [1.82, 2.24) is 0 Å². The van der Waals surface area contributed by atoms with Gasteiger partial charge in [0, 0.05) is 6.20 Å². The zero-order valence-corrected chi connectivity index (χ0v) is 9.45. The van der Waals surface area contributed by atoms with Gasteiger partial charge in [-0.1, -0.05) is 13.8 Å². The molecule has 0 bridgehead atoms. The number of ether oxygens (including phenoxy) is 1. The van der Waals surface area contributed by atoms with E-state index in [9.17, 15) is 0 Å². The van der Waals surface area contributed by atoms with Crippen LogP contribution >= 0.6 is 0 Å². The number of nitrogens with two attached hydrogens (primary N) is 1. The second-order valence-corrected chi connectivity index (χ2v) is 3.13. The molecule has 2 N–H and O–H groups in total.